The van der Waals surface area contributed by atoms with Crippen LogP contribution in [-0.2, 0) is 0 Å². The third-order valence-corrected chi connectivity index (χ3v) is 3.65. The second-order valence-electron chi connectivity index (χ2n) is 4.85. The third kappa shape index (κ3) is 2.35. The van der Waals surface area contributed by atoms with Gasteiger partial charge in [-0.05, 0) is 43.5 Å². The average molecular weight is 264 g/mol. The van der Waals surface area contributed by atoms with E-state index in [-0.39, 0.29) is 11.4 Å². The lowest BCUT2D eigenvalue weighted by atomic mass is 9.89. The molecule has 102 valence electrons. The highest BCUT2D eigenvalue weighted by atomic mass is 16.6. The number of benzene rings is 1. The summed E-state index contributed by atoms with van der Waals surface area (Å²) in [4.78, 5) is 10.8. The van der Waals surface area contributed by atoms with Crippen LogP contribution in [0.2, 0.25) is 0 Å². The van der Waals surface area contributed by atoms with E-state index in [0.717, 1.165) is 31.5 Å². The molecule has 0 aromatic heterocycles. The van der Waals surface area contributed by atoms with E-state index in [2.05, 4.69) is 5.32 Å². The maximum Gasteiger partial charge on any atom is 0.315 e. The molecule has 0 unspecified atom stereocenters. The van der Waals surface area contributed by atoms with E-state index in [1.54, 1.807) is 6.07 Å². The van der Waals surface area contributed by atoms with E-state index in [4.69, 9.17) is 9.47 Å². The van der Waals surface area contributed by atoms with Gasteiger partial charge in [0, 0.05) is 6.07 Å². The topological polar surface area (TPSA) is 73.6 Å². The Hall–Kier alpha value is -1.82. The molecule has 0 spiro atoms. The third-order valence-electron chi connectivity index (χ3n) is 3.65. The van der Waals surface area contributed by atoms with E-state index in [1.807, 2.05) is 6.07 Å². The number of piperidine rings is 1. The fourth-order valence-electron chi connectivity index (χ4n) is 2.68. The number of nitro groups is 1. The Balaban J connectivity index is 2.00. The lowest BCUT2D eigenvalue weighted by Crippen LogP contribution is -2.26. The Morgan fingerprint density at radius 2 is 1.95 bits per heavy atom. The average Bonchev–Trinajstić information content (AvgIpc) is 2.47. The van der Waals surface area contributed by atoms with E-state index in [1.165, 1.54) is 0 Å². The summed E-state index contributed by atoms with van der Waals surface area (Å²) in [5.74, 6) is 1.14. The van der Waals surface area contributed by atoms with Gasteiger partial charge in [-0.15, -0.1) is 0 Å². The standard InChI is InChI=1S/C13H16N2O4/c16-15(17)11-7-10(9-1-3-14-4-2-9)8-12-13(11)19-6-5-18-12/h7-9,14H,1-6H2. The summed E-state index contributed by atoms with van der Waals surface area (Å²) in [6.45, 7) is 2.71. The Kier molecular flexibility index (Phi) is 3.25. The summed E-state index contributed by atoms with van der Waals surface area (Å²) in [6, 6.07) is 3.54. The minimum atomic E-state index is -0.391. The van der Waals surface area contributed by atoms with Crippen LogP contribution in [0.4, 0.5) is 5.69 Å². The molecule has 1 N–H and O–H groups in total. The minimum absolute atomic E-state index is 0.0192. The van der Waals surface area contributed by atoms with Crippen molar-refractivity contribution in [2.75, 3.05) is 26.3 Å². The van der Waals surface area contributed by atoms with Crippen molar-refractivity contribution in [3.05, 3.63) is 27.8 Å². The van der Waals surface area contributed by atoms with Crippen LogP contribution in [0.1, 0.15) is 24.3 Å². The molecule has 2 heterocycles. The van der Waals surface area contributed by atoms with Gasteiger partial charge in [0.15, 0.2) is 5.75 Å². The van der Waals surface area contributed by atoms with Crippen LogP contribution in [0.3, 0.4) is 0 Å². The van der Waals surface area contributed by atoms with E-state index in [0.29, 0.717) is 24.9 Å². The summed E-state index contributed by atoms with van der Waals surface area (Å²) in [6.07, 6.45) is 1.99. The SMILES string of the molecule is O=[N+]([O-])c1cc(C2CCNCC2)cc2c1OCCO2. The van der Waals surface area contributed by atoms with Crippen molar-refractivity contribution in [1.29, 1.82) is 0 Å². The van der Waals surface area contributed by atoms with Gasteiger partial charge in [-0.2, -0.15) is 0 Å². The normalized spacial score (nSPS) is 19.2. The second kappa shape index (κ2) is 5.05. The van der Waals surface area contributed by atoms with Gasteiger partial charge in [-0.25, -0.2) is 0 Å². The van der Waals surface area contributed by atoms with Crippen LogP contribution in [0.15, 0.2) is 12.1 Å². The number of hydrogen-bond donors (Lipinski definition) is 1. The Morgan fingerprint density at radius 1 is 1.21 bits per heavy atom. The van der Waals surface area contributed by atoms with Gasteiger partial charge in [0.05, 0.1) is 4.92 Å². The zero-order chi connectivity index (χ0) is 13.2. The largest absolute Gasteiger partial charge is 0.486 e. The van der Waals surface area contributed by atoms with Crippen molar-refractivity contribution in [2.24, 2.45) is 0 Å². The maximum atomic E-state index is 11.2. The Labute approximate surface area is 110 Å². The molecular formula is C13H16N2O4. The van der Waals surface area contributed by atoms with Gasteiger partial charge >= 0.3 is 5.69 Å². The molecule has 3 rings (SSSR count). The van der Waals surface area contributed by atoms with Crippen LogP contribution in [0.5, 0.6) is 11.5 Å². The molecule has 0 aliphatic carbocycles. The molecule has 2 aliphatic rings. The number of nitrogens with zero attached hydrogens (tertiary/aromatic N) is 1. The van der Waals surface area contributed by atoms with Gasteiger partial charge in [-0.1, -0.05) is 0 Å². The molecule has 0 radical (unpaired) electrons. The quantitative estimate of drug-likeness (QED) is 0.651. The second-order valence-corrected chi connectivity index (χ2v) is 4.85. The molecule has 2 aliphatic heterocycles. The van der Waals surface area contributed by atoms with Crippen molar-refractivity contribution < 1.29 is 14.4 Å². The van der Waals surface area contributed by atoms with Crippen LogP contribution < -0.4 is 14.8 Å². The minimum Gasteiger partial charge on any atom is -0.486 e. The number of fused-ring (bicyclic) bond motifs is 1. The molecule has 1 aromatic rings. The predicted octanol–water partition coefficient (Wildman–Crippen LogP) is 1.83. The number of nitrogens with one attached hydrogen (secondary N) is 1. The lowest BCUT2D eigenvalue weighted by Gasteiger charge is -2.25. The van der Waals surface area contributed by atoms with Crippen LogP contribution in [0.25, 0.3) is 0 Å². The summed E-state index contributed by atoms with van der Waals surface area (Å²) >= 11 is 0. The monoisotopic (exact) mass is 264 g/mol. The van der Waals surface area contributed by atoms with Crippen LogP contribution >= 0.6 is 0 Å². The molecule has 19 heavy (non-hydrogen) atoms. The molecule has 1 fully saturated rings. The number of rotatable bonds is 2. The molecule has 0 atom stereocenters. The van der Waals surface area contributed by atoms with E-state index < -0.39 is 4.92 Å². The van der Waals surface area contributed by atoms with Crippen molar-refractivity contribution in [3.8, 4) is 11.5 Å². The zero-order valence-electron chi connectivity index (χ0n) is 10.6. The van der Waals surface area contributed by atoms with Crippen molar-refractivity contribution in [2.45, 2.75) is 18.8 Å². The fraction of sp³-hybridized carbons (Fsp3) is 0.538. The van der Waals surface area contributed by atoms with Gasteiger partial charge in [-0.3, -0.25) is 10.1 Å². The van der Waals surface area contributed by atoms with Crippen LogP contribution in [0, 0.1) is 10.1 Å². The van der Waals surface area contributed by atoms with Gasteiger partial charge in [0.2, 0.25) is 5.75 Å². The number of hydrogen-bond acceptors (Lipinski definition) is 5. The number of nitro benzene ring substituents is 1. The Morgan fingerprint density at radius 3 is 2.68 bits per heavy atom. The predicted molar refractivity (Wildman–Crippen MR) is 68.9 cm³/mol. The highest BCUT2D eigenvalue weighted by Gasteiger charge is 2.27. The summed E-state index contributed by atoms with van der Waals surface area (Å²) in [7, 11) is 0. The summed E-state index contributed by atoms with van der Waals surface area (Å²) in [5.41, 5.74) is 1.00. The van der Waals surface area contributed by atoms with Gasteiger partial charge in [0.25, 0.3) is 0 Å². The molecule has 6 nitrogen and oxygen atoms in total. The molecule has 6 heteroatoms. The summed E-state index contributed by atoms with van der Waals surface area (Å²) < 4.78 is 10.9. The van der Waals surface area contributed by atoms with Gasteiger partial charge in [0.1, 0.15) is 13.2 Å². The highest BCUT2D eigenvalue weighted by molar-refractivity contribution is 5.59. The fourth-order valence-corrected chi connectivity index (χ4v) is 2.68. The van der Waals surface area contributed by atoms with Gasteiger partial charge < -0.3 is 14.8 Å². The maximum absolute atomic E-state index is 11.2. The summed E-state index contributed by atoms with van der Waals surface area (Å²) in [5, 5.41) is 14.5. The molecule has 0 amide bonds. The lowest BCUT2D eigenvalue weighted by molar-refractivity contribution is -0.386. The molecule has 0 bridgehead atoms. The first kappa shape index (κ1) is 12.2. The van der Waals surface area contributed by atoms with E-state index in [9.17, 15) is 10.1 Å². The first-order valence-corrected chi connectivity index (χ1v) is 6.54. The number of ether oxygens (including phenoxy) is 2. The zero-order valence-corrected chi connectivity index (χ0v) is 10.6. The molecule has 0 saturated carbocycles. The van der Waals surface area contributed by atoms with Crippen molar-refractivity contribution >= 4 is 5.69 Å². The van der Waals surface area contributed by atoms with Crippen molar-refractivity contribution in [1.82, 2.24) is 5.32 Å². The molecule has 1 saturated heterocycles. The Bertz CT molecular complexity index is 498. The van der Waals surface area contributed by atoms with E-state index >= 15 is 0 Å². The first-order valence-electron chi connectivity index (χ1n) is 6.54. The molecule has 1 aromatic carbocycles. The smallest absolute Gasteiger partial charge is 0.315 e. The molecular weight excluding hydrogens is 248 g/mol. The van der Waals surface area contributed by atoms with Crippen LogP contribution in [-0.4, -0.2) is 31.2 Å². The first-order chi connectivity index (χ1) is 9.25. The van der Waals surface area contributed by atoms with Crippen molar-refractivity contribution in [3.63, 3.8) is 0 Å². The highest BCUT2D eigenvalue weighted by Crippen LogP contribution is 2.42.